The molecule has 124 valence electrons. The van der Waals surface area contributed by atoms with Gasteiger partial charge < -0.3 is 9.47 Å². The van der Waals surface area contributed by atoms with E-state index in [-0.39, 0.29) is 31.8 Å². The Bertz CT molecular complexity index is 618. The van der Waals surface area contributed by atoms with Crippen LogP contribution in [0.1, 0.15) is 42.6 Å². The fraction of sp³-hybridized carbons (Fsp3) is 0.471. The standard InChI is InChI=1S/C17H19BrO5/c1-3-22-14(19)9-17(10-15(20)23-4-2)8-12-11(16(17)21)6-5-7-13(12)18/h5-7H,3-4,8-10H2,1-2H3. The Morgan fingerprint density at radius 1 is 1.13 bits per heavy atom. The van der Waals surface area contributed by atoms with Crippen molar-refractivity contribution < 1.29 is 23.9 Å². The van der Waals surface area contributed by atoms with Gasteiger partial charge in [-0.05, 0) is 31.9 Å². The van der Waals surface area contributed by atoms with Gasteiger partial charge in [0.25, 0.3) is 0 Å². The van der Waals surface area contributed by atoms with Crippen LogP contribution in [0.4, 0.5) is 0 Å². The summed E-state index contributed by atoms with van der Waals surface area (Å²) in [5.41, 5.74) is 0.254. The predicted molar refractivity (Wildman–Crippen MR) is 87.1 cm³/mol. The minimum atomic E-state index is -1.12. The molecular weight excluding hydrogens is 364 g/mol. The summed E-state index contributed by atoms with van der Waals surface area (Å²) in [7, 11) is 0. The van der Waals surface area contributed by atoms with Crippen LogP contribution in [0.25, 0.3) is 0 Å². The normalized spacial score (nSPS) is 15.2. The Morgan fingerprint density at radius 2 is 1.70 bits per heavy atom. The molecule has 2 rings (SSSR count). The molecule has 1 aliphatic carbocycles. The fourth-order valence-electron chi connectivity index (χ4n) is 2.98. The highest BCUT2D eigenvalue weighted by Gasteiger charge is 2.49. The average Bonchev–Trinajstić information content (AvgIpc) is 2.74. The summed E-state index contributed by atoms with van der Waals surface area (Å²) in [6.07, 6.45) is 0.0689. The third-order valence-corrected chi connectivity index (χ3v) is 4.68. The number of hydrogen-bond donors (Lipinski definition) is 0. The molecule has 0 radical (unpaired) electrons. The molecule has 0 N–H and O–H groups in total. The lowest BCUT2D eigenvalue weighted by Gasteiger charge is -2.25. The maximum Gasteiger partial charge on any atom is 0.306 e. The first-order chi connectivity index (χ1) is 10.9. The number of fused-ring (bicyclic) bond motifs is 1. The van der Waals surface area contributed by atoms with Gasteiger partial charge in [-0.15, -0.1) is 0 Å². The molecule has 0 spiro atoms. The molecule has 0 amide bonds. The molecule has 0 fully saturated rings. The van der Waals surface area contributed by atoms with E-state index in [0.717, 1.165) is 10.0 Å². The first-order valence-corrected chi connectivity index (χ1v) is 8.36. The maximum absolute atomic E-state index is 12.9. The molecule has 6 heteroatoms. The Kier molecular flexibility index (Phi) is 5.57. The van der Waals surface area contributed by atoms with Crippen LogP contribution < -0.4 is 0 Å². The second-order valence-corrected chi connectivity index (χ2v) is 6.37. The molecule has 0 bridgehead atoms. The lowest BCUT2D eigenvalue weighted by Crippen LogP contribution is -2.35. The van der Waals surface area contributed by atoms with E-state index in [1.807, 2.05) is 6.07 Å². The molecular formula is C17H19BrO5. The van der Waals surface area contributed by atoms with Gasteiger partial charge in [-0.25, -0.2) is 0 Å². The monoisotopic (exact) mass is 382 g/mol. The average molecular weight is 383 g/mol. The smallest absolute Gasteiger partial charge is 0.306 e. The Balaban J connectivity index is 2.36. The van der Waals surface area contributed by atoms with Crippen molar-refractivity contribution >= 4 is 33.7 Å². The van der Waals surface area contributed by atoms with Crippen molar-refractivity contribution in [2.45, 2.75) is 33.1 Å². The van der Waals surface area contributed by atoms with Gasteiger partial charge >= 0.3 is 11.9 Å². The second kappa shape index (κ2) is 7.25. The van der Waals surface area contributed by atoms with Gasteiger partial charge in [0.05, 0.1) is 31.5 Å². The van der Waals surface area contributed by atoms with Gasteiger partial charge in [0, 0.05) is 10.0 Å². The molecule has 5 nitrogen and oxygen atoms in total. The predicted octanol–water partition coefficient (Wildman–Crippen LogP) is 3.08. The zero-order valence-corrected chi connectivity index (χ0v) is 14.8. The molecule has 0 heterocycles. The summed E-state index contributed by atoms with van der Waals surface area (Å²) in [6.45, 7) is 3.88. The van der Waals surface area contributed by atoms with E-state index in [0.29, 0.717) is 12.0 Å². The van der Waals surface area contributed by atoms with Crippen molar-refractivity contribution in [3.63, 3.8) is 0 Å². The minimum Gasteiger partial charge on any atom is -0.466 e. The largest absolute Gasteiger partial charge is 0.466 e. The first-order valence-electron chi connectivity index (χ1n) is 7.57. The van der Waals surface area contributed by atoms with E-state index in [4.69, 9.17) is 9.47 Å². The summed E-state index contributed by atoms with van der Waals surface area (Å²) >= 11 is 3.44. The molecule has 1 aromatic carbocycles. The highest BCUT2D eigenvalue weighted by molar-refractivity contribution is 9.10. The third-order valence-electron chi connectivity index (χ3n) is 3.94. The highest BCUT2D eigenvalue weighted by atomic mass is 79.9. The van der Waals surface area contributed by atoms with Crippen molar-refractivity contribution in [2.75, 3.05) is 13.2 Å². The van der Waals surface area contributed by atoms with Crippen LogP contribution in [0.15, 0.2) is 22.7 Å². The number of rotatable bonds is 6. The van der Waals surface area contributed by atoms with Crippen LogP contribution in [0.3, 0.4) is 0 Å². The summed E-state index contributed by atoms with van der Waals surface area (Å²) in [5.74, 6) is -1.15. The minimum absolute atomic E-state index is 0.125. The molecule has 23 heavy (non-hydrogen) atoms. The van der Waals surface area contributed by atoms with Gasteiger partial charge in [-0.1, -0.05) is 28.1 Å². The van der Waals surface area contributed by atoms with Gasteiger partial charge in [0.1, 0.15) is 0 Å². The van der Waals surface area contributed by atoms with Crippen LogP contribution in [-0.2, 0) is 25.5 Å². The van der Waals surface area contributed by atoms with Crippen molar-refractivity contribution in [1.29, 1.82) is 0 Å². The Morgan fingerprint density at radius 3 is 2.17 bits per heavy atom. The first kappa shape index (κ1) is 17.7. The summed E-state index contributed by atoms with van der Waals surface area (Å²) in [6, 6.07) is 5.34. The van der Waals surface area contributed by atoms with Crippen LogP contribution in [0.2, 0.25) is 0 Å². The van der Waals surface area contributed by atoms with Crippen LogP contribution in [-0.4, -0.2) is 30.9 Å². The molecule has 0 aromatic heterocycles. The van der Waals surface area contributed by atoms with Crippen molar-refractivity contribution in [1.82, 2.24) is 0 Å². The third kappa shape index (κ3) is 3.63. The Labute approximate surface area is 143 Å². The van der Waals surface area contributed by atoms with Gasteiger partial charge in [0.2, 0.25) is 0 Å². The number of carbonyl (C=O) groups is 3. The van der Waals surface area contributed by atoms with Crippen LogP contribution in [0, 0.1) is 5.41 Å². The molecule has 1 aromatic rings. The fourth-order valence-corrected chi connectivity index (χ4v) is 3.49. The molecule has 0 unspecified atom stereocenters. The number of esters is 2. The van der Waals surface area contributed by atoms with Gasteiger partial charge in [-0.2, -0.15) is 0 Å². The van der Waals surface area contributed by atoms with E-state index in [9.17, 15) is 14.4 Å². The number of carbonyl (C=O) groups excluding carboxylic acids is 3. The van der Waals surface area contributed by atoms with E-state index in [1.165, 1.54) is 0 Å². The molecule has 0 saturated carbocycles. The highest BCUT2D eigenvalue weighted by Crippen LogP contribution is 2.45. The zero-order chi connectivity index (χ0) is 17.0. The number of ketones is 1. The summed E-state index contributed by atoms with van der Waals surface area (Å²) < 4.78 is 10.8. The van der Waals surface area contributed by atoms with Gasteiger partial charge in [0.15, 0.2) is 5.78 Å². The van der Waals surface area contributed by atoms with E-state index >= 15 is 0 Å². The Hall–Kier alpha value is -1.69. The quantitative estimate of drug-likeness (QED) is 0.707. The number of Topliss-reactive ketones (excluding diaryl/α,β-unsaturated/α-hetero) is 1. The number of halogens is 1. The van der Waals surface area contributed by atoms with Crippen LogP contribution in [0.5, 0.6) is 0 Å². The summed E-state index contributed by atoms with van der Waals surface area (Å²) in [5, 5.41) is 0. The van der Waals surface area contributed by atoms with Crippen LogP contribution >= 0.6 is 15.9 Å². The topological polar surface area (TPSA) is 69.7 Å². The zero-order valence-electron chi connectivity index (χ0n) is 13.2. The number of ether oxygens (including phenoxy) is 2. The van der Waals surface area contributed by atoms with E-state index in [2.05, 4.69) is 15.9 Å². The molecule has 0 saturated heterocycles. The lowest BCUT2D eigenvalue weighted by atomic mass is 9.77. The van der Waals surface area contributed by atoms with Crippen molar-refractivity contribution in [2.24, 2.45) is 5.41 Å². The maximum atomic E-state index is 12.9. The second-order valence-electron chi connectivity index (χ2n) is 5.52. The van der Waals surface area contributed by atoms with Crippen molar-refractivity contribution in [3.05, 3.63) is 33.8 Å². The summed E-state index contributed by atoms with van der Waals surface area (Å²) in [4.78, 5) is 36.9. The SMILES string of the molecule is CCOC(=O)CC1(CC(=O)OCC)Cc2c(Br)cccc2C1=O. The van der Waals surface area contributed by atoms with E-state index < -0.39 is 17.4 Å². The van der Waals surface area contributed by atoms with E-state index in [1.54, 1.807) is 26.0 Å². The molecule has 1 aliphatic rings. The van der Waals surface area contributed by atoms with Crippen molar-refractivity contribution in [3.8, 4) is 0 Å². The number of benzene rings is 1. The molecule has 0 atom stereocenters. The number of hydrogen-bond acceptors (Lipinski definition) is 5. The van der Waals surface area contributed by atoms with Gasteiger partial charge in [-0.3, -0.25) is 14.4 Å². The lowest BCUT2D eigenvalue weighted by molar-refractivity contribution is -0.148. The molecule has 0 aliphatic heterocycles.